The van der Waals surface area contributed by atoms with E-state index in [1.807, 2.05) is 6.92 Å². The molecule has 1 unspecified atom stereocenters. The molecule has 0 saturated heterocycles. The van der Waals surface area contributed by atoms with E-state index in [0.717, 1.165) is 12.8 Å². The van der Waals surface area contributed by atoms with Crippen LogP contribution in [0.3, 0.4) is 0 Å². The highest BCUT2D eigenvalue weighted by Crippen LogP contribution is 1.90. The van der Waals surface area contributed by atoms with Gasteiger partial charge in [0.25, 0.3) is 0 Å². The Hall–Kier alpha value is -1.10. The average molecular weight is 230 g/mol. The van der Waals surface area contributed by atoms with Crippen molar-refractivity contribution in [1.82, 2.24) is 10.2 Å². The lowest BCUT2D eigenvalue weighted by Gasteiger charge is -2.17. The quantitative estimate of drug-likeness (QED) is 0.508. The zero-order valence-electron chi connectivity index (χ0n) is 10.6. The SMILES string of the molecule is CCCCOC(=O)CNC(C)C(=O)N(C)C. The van der Waals surface area contributed by atoms with E-state index in [0.29, 0.717) is 6.61 Å². The van der Waals surface area contributed by atoms with Crippen LogP contribution in [0.4, 0.5) is 0 Å². The zero-order chi connectivity index (χ0) is 12.6. The molecule has 0 radical (unpaired) electrons. The summed E-state index contributed by atoms with van der Waals surface area (Å²) in [5.41, 5.74) is 0. The number of unbranched alkanes of at least 4 members (excludes halogenated alkanes) is 1. The second-order valence-electron chi connectivity index (χ2n) is 3.91. The van der Waals surface area contributed by atoms with Crippen LogP contribution in [-0.2, 0) is 14.3 Å². The Morgan fingerprint density at radius 2 is 2.00 bits per heavy atom. The third-order valence-corrected chi connectivity index (χ3v) is 2.12. The van der Waals surface area contributed by atoms with E-state index in [4.69, 9.17) is 4.74 Å². The van der Waals surface area contributed by atoms with Crippen molar-refractivity contribution in [2.24, 2.45) is 0 Å². The molecule has 1 N–H and O–H groups in total. The van der Waals surface area contributed by atoms with Crippen molar-refractivity contribution in [3.05, 3.63) is 0 Å². The fourth-order valence-corrected chi connectivity index (χ4v) is 1.09. The van der Waals surface area contributed by atoms with Crippen LogP contribution in [0, 0.1) is 0 Å². The van der Waals surface area contributed by atoms with Crippen LogP contribution in [0.1, 0.15) is 26.7 Å². The Balaban J connectivity index is 3.70. The van der Waals surface area contributed by atoms with Crippen molar-refractivity contribution < 1.29 is 14.3 Å². The van der Waals surface area contributed by atoms with Gasteiger partial charge in [0.15, 0.2) is 0 Å². The first kappa shape index (κ1) is 14.9. The minimum atomic E-state index is -0.367. The Kier molecular flexibility index (Phi) is 7.54. The highest BCUT2D eigenvalue weighted by Gasteiger charge is 2.15. The van der Waals surface area contributed by atoms with Gasteiger partial charge in [0, 0.05) is 14.1 Å². The summed E-state index contributed by atoms with van der Waals surface area (Å²) in [6, 6.07) is -0.367. The molecule has 1 amide bonds. The first-order chi connectivity index (χ1) is 7.49. The molecule has 0 rings (SSSR count). The molecule has 0 heterocycles. The molecule has 0 aromatic rings. The van der Waals surface area contributed by atoms with Crippen molar-refractivity contribution in [3.8, 4) is 0 Å². The number of hydrogen-bond donors (Lipinski definition) is 1. The largest absolute Gasteiger partial charge is 0.465 e. The molecule has 5 nitrogen and oxygen atoms in total. The molecular formula is C11H22N2O3. The van der Waals surface area contributed by atoms with Gasteiger partial charge in [-0.05, 0) is 13.3 Å². The lowest BCUT2D eigenvalue weighted by Crippen LogP contribution is -2.43. The molecule has 5 heteroatoms. The molecule has 0 aliphatic heterocycles. The Labute approximate surface area is 97.1 Å². The molecular weight excluding hydrogens is 208 g/mol. The lowest BCUT2D eigenvalue weighted by molar-refractivity contribution is -0.143. The Morgan fingerprint density at radius 3 is 2.50 bits per heavy atom. The number of amides is 1. The minimum Gasteiger partial charge on any atom is -0.465 e. The maximum Gasteiger partial charge on any atom is 0.319 e. The fraction of sp³-hybridized carbons (Fsp3) is 0.818. The summed E-state index contributed by atoms with van der Waals surface area (Å²) in [4.78, 5) is 24.1. The first-order valence-corrected chi connectivity index (χ1v) is 5.59. The van der Waals surface area contributed by atoms with Crippen LogP contribution >= 0.6 is 0 Å². The number of carbonyl (C=O) groups is 2. The van der Waals surface area contributed by atoms with Crippen molar-refractivity contribution >= 4 is 11.9 Å². The number of esters is 1. The number of likely N-dealkylation sites (N-methyl/N-ethyl adjacent to an activating group) is 1. The number of hydrogen-bond acceptors (Lipinski definition) is 4. The lowest BCUT2D eigenvalue weighted by atomic mass is 10.3. The zero-order valence-corrected chi connectivity index (χ0v) is 10.6. The standard InChI is InChI=1S/C11H22N2O3/c1-5-6-7-16-10(14)8-12-9(2)11(15)13(3)4/h9,12H,5-8H2,1-4H3. The molecule has 16 heavy (non-hydrogen) atoms. The number of nitrogens with one attached hydrogen (secondary N) is 1. The topological polar surface area (TPSA) is 58.6 Å². The third kappa shape index (κ3) is 6.40. The van der Waals surface area contributed by atoms with Crippen LogP contribution in [0.2, 0.25) is 0 Å². The number of ether oxygens (including phenoxy) is 1. The Bertz CT molecular complexity index is 229. The van der Waals surface area contributed by atoms with E-state index < -0.39 is 0 Å². The Morgan fingerprint density at radius 1 is 1.38 bits per heavy atom. The molecule has 0 aliphatic carbocycles. The monoisotopic (exact) mass is 230 g/mol. The first-order valence-electron chi connectivity index (χ1n) is 5.59. The van der Waals surface area contributed by atoms with E-state index in [-0.39, 0.29) is 24.5 Å². The molecule has 0 spiro atoms. The minimum absolute atomic E-state index is 0.0543. The van der Waals surface area contributed by atoms with Crippen molar-refractivity contribution in [1.29, 1.82) is 0 Å². The van der Waals surface area contributed by atoms with E-state index >= 15 is 0 Å². The van der Waals surface area contributed by atoms with Gasteiger partial charge in [-0.25, -0.2) is 0 Å². The second-order valence-corrected chi connectivity index (χ2v) is 3.91. The maximum atomic E-state index is 11.4. The van der Waals surface area contributed by atoms with E-state index in [2.05, 4.69) is 5.32 Å². The second kappa shape index (κ2) is 8.10. The van der Waals surface area contributed by atoms with Crippen molar-refractivity contribution in [3.63, 3.8) is 0 Å². The maximum absolute atomic E-state index is 11.4. The van der Waals surface area contributed by atoms with Crippen LogP contribution in [0.25, 0.3) is 0 Å². The normalized spacial score (nSPS) is 12.0. The summed E-state index contributed by atoms with van der Waals surface area (Å²) < 4.78 is 4.95. The van der Waals surface area contributed by atoms with Gasteiger partial charge in [0.1, 0.15) is 0 Å². The average Bonchev–Trinajstić information content (AvgIpc) is 2.25. The summed E-state index contributed by atoms with van der Waals surface area (Å²) in [6.07, 6.45) is 1.87. The van der Waals surface area contributed by atoms with Gasteiger partial charge in [0.2, 0.25) is 5.91 Å². The summed E-state index contributed by atoms with van der Waals surface area (Å²) in [5, 5.41) is 2.82. The third-order valence-electron chi connectivity index (χ3n) is 2.12. The van der Waals surface area contributed by atoms with Crippen molar-refractivity contribution in [2.75, 3.05) is 27.2 Å². The summed E-state index contributed by atoms with van der Waals surface area (Å²) in [6.45, 7) is 4.28. The molecule has 0 saturated carbocycles. The fourth-order valence-electron chi connectivity index (χ4n) is 1.09. The van der Waals surface area contributed by atoms with Gasteiger partial charge in [0.05, 0.1) is 19.2 Å². The number of nitrogens with zero attached hydrogens (tertiary/aromatic N) is 1. The van der Waals surface area contributed by atoms with Crippen LogP contribution in [0.5, 0.6) is 0 Å². The van der Waals surface area contributed by atoms with Gasteiger partial charge in [-0.3, -0.25) is 14.9 Å². The molecule has 0 bridgehead atoms. The number of rotatable bonds is 7. The summed E-state index contributed by atoms with van der Waals surface area (Å²) >= 11 is 0. The smallest absolute Gasteiger partial charge is 0.319 e. The van der Waals surface area contributed by atoms with Gasteiger partial charge in [-0.15, -0.1) is 0 Å². The van der Waals surface area contributed by atoms with Crippen LogP contribution in [-0.4, -0.2) is 50.1 Å². The molecule has 94 valence electrons. The van der Waals surface area contributed by atoms with E-state index in [1.54, 1.807) is 21.0 Å². The summed E-state index contributed by atoms with van der Waals surface area (Å²) in [7, 11) is 3.36. The van der Waals surface area contributed by atoms with Gasteiger partial charge < -0.3 is 9.64 Å². The molecule has 0 aromatic heterocycles. The van der Waals surface area contributed by atoms with E-state index in [1.165, 1.54) is 4.90 Å². The predicted octanol–water partition coefficient (Wildman–Crippen LogP) is 0.396. The van der Waals surface area contributed by atoms with Crippen LogP contribution < -0.4 is 5.32 Å². The molecule has 1 atom stereocenters. The molecule has 0 aliphatic rings. The van der Waals surface area contributed by atoms with Gasteiger partial charge in [-0.2, -0.15) is 0 Å². The van der Waals surface area contributed by atoms with E-state index in [9.17, 15) is 9.59 Å². The molecule has 0 aromatic carbocycles. The highest BCUT2D eigenvalue weighted by molar-refractivity contribution is 5.81. The number of carbonyl (C=O) groups excluding carboxylic acids is 2. The van der Waals surface area contributed by atoms with Gasteiger partial charge in [-0.1, -0.05) is 13.3 Å². The van der Waals surface area contributed by atoms with Gasteiger partial charge >= 0.3 is 5.97 Å². The molecule has 0 fully saturated rings. The summed E-state index contributed by atoms with van der Waals surface area (Å²) in [5.74, 6) is -0.367. The van der Waals surface area contributed by atoms with Crippen LogP contribution in [0.15, 0.2) is 0 Å². The highest BCUT2D eigenvalue weighted by atomic mass is 16.5. The van der Waals surface area contributed by atoms with Crippen molar-refractivity contribution in [2.45, 2.75) is 32.7 Å². The predicted molar refractivity (Wildman–Crippen MR) is 62.0 cm³/mol.